The fourth-order valence-electron chi connectivity index (χ4n) is 1.48. The Balaban J connectivity index is 2.42. The van der Waals surface area contributed by atoms with Crippen molar-refractivity contribution in [3.63, 3.8) is 0 Å². The van der Waals surface area contributed by atoms with E-state index in [0.29, 0.717) is 16.8 Å². The van der Waals surface area contributed by atoms with E-state index in [4.69, 9.17) is 5.73 Å². The van der Waals surface area contributed by atoms with E-state index in [0.717, 1.165) is 5.56 Å². The van der Waals surface area contributed by atoms with Crippen molar-refractivity contribution >= 4 is 5.91 Å². The number of nitrogens with two attached hydrogens (primary N) is 1. The van der Waals surface area contributed by atoms with E-state index in [1.54, 1.807) is 31.3 Å². The van der Waals surface area contributed by atoms with Crippen LogP contribution in [0.1, 0.15) is 16.1 Å². The summed E-state index contributed by atoms with van der Waals surface area (Å²) in [4.78, 5) is 13.6. The molecule has 0 aliphatic carbocycles. The van der Waals surface area contributed by atoms with Gasteiger partial charge in [-0.25, -0.2) is 4.39 Å². The number of aromatic amines is 1. The van der Waals surface area contributed by atoms with Crippen LogP contribution in [0.3, 0.4) is 0 Å². The Labute approximate surface area is 92.1 Å². The number of hydrogen-bond acceptors (Lipinski definition) is 1. The van der Waals surface area contributed by atoms with Crippen molar-refractivity contribution in [2.75, 3.05) is 0 Å². The third-order valence-corrected chi connectivity index (χ3v) is 2.45. The monoisotopic (exact) mass is 218 g/mol. The molecule has 2 aromatic rings. The number of carbonyl (C=O) groups excluding carboxylic acids is 1. The molecule has 0 aliphatic heterocycles. The fourth-order valence-corrected chi connectivity index (χ4v) is 1.48. The molecule has 0 spiro atoms. The van der Waals surface area contributed by atoms with Gasteiger partial charge in [0.25, 0.3) is 5.91 Å². The molecule has 3 nitrogen and oxygen atoms in total. The van der Waals surface area contributed by atoms with Crippen molar-refractivity contribution in [1.29, 1.82) is 0 Å². The van der Waals surface area contributed by atoms with Gasteiger partial charge in [0, 0.05) is 11.8 Å². The van der Waals surface area contributed by atoms with Gasteiger partial charge in [-0.3, -0.25) is 4.79 Å². The minimum atomic E-state index is -0.529. The highest BCUT2D eigenvalue weighted by Gasteiger charge is 2.07. The first kappa shape index (κ1) is 10.4. The molecule has 0 bridgehead atoms. The van der Waals surface area contributed by atoms with Crippen LogP contribution in [0.5, 0.6) is 0 Å². The molecule has 3 N–H and O–H groups in total. The molecule has 1 amide bonds. The van der Waals surface area contributed by atoms with Crippen LogP contribution in [0, 0.1) is 12.7 Å². The Morgan fingerprint density at radius 2 is 2.06 bits per heavy atom. The number of carbonyl (C=O) groups is 1. The van der Waals surface area contributed by atoms with Gasteiger partial charge in [-0.2, -0.15) is 0 Å². The molecule has 1 aromatic carbocycles. The van der Waals surface area contributed by atoms with Crippen molar-refractivity contribution in [3.05, 3.63) is 47.5 Å². The number of aromatic nitrogens is 1. The fraction of sp³-hybridized carbons (Fsp3) is 0.0833. The summed E-state index contributed by atoms with van der Waals surface area (Å²) in [6.45, 7) is 1.70. The Morgan fingerprint density at radius 1 is 1.31 bits per heavy atom. The summed E-state index contributed by atoms with van der Waals surface area (Å²) in [6, 6.07) is 6.53. The van der Waals surface area contributed by atoms with Crippen molar-refractivity contribution in [2.24, 2.45) is 5.73 Å². The molecule has 1 aromatic heterocycles. The van der Waals surface area contributed by atoms with E-state index in [1.165, 1.54) is 6.07 Å². The van der Waals surface area contributed by atoms with Crippen LogP contribution >= 0.6 is 0 Å². The van der Waals surface area contributed by atoms with Gasteiger partial charge in [0.2, 0.25) is 0 Å². The first-order chi connectivity index (χ1) is 7.58. The van der Waals surface area contributed by atoms with E-state index >= 15 is 0 Å². The van der Waals surface area contributed by atoms with Gasteiger partial charge in [-0.15, -0.1) is 0 Å². The van der Waals surface area contributed by atoms with Gasteiger partial charge in [0.05, 0.1) is 0 Å². The average molecular weight is 218 g/mol. The second kappa shape index (κ2) is 3.81. The maximum absolute atomic E-state index is 13.3. The van der Waals surface area contributed by atoms with Gasteiger partial charge < -0.3 is 10.7 Å². The molecule has 0 radical (unpaired) electrons. The Hall–Kier alpha value is -2.10. The van der Waals surface area contributed by atoms with Crippen LogP contribution in [-0.2, 0) is 0 Å². The van der Waals surface area contributed by atoms with Crippen LogP contribution < -0.4 is 5.73 Å². The molecule has 2 rings (SSSR count). The number of halogens is 1. The van der Waals surface area contributed by atoms with E-state index in [2.05, 4.69) is 4.98 Å². The standard InChI is InChI=1S/C12H11FN2O/c1-7-2-3-8(4-10(7)13)9-5-11(12(14)16)15-6-9/h2-6,15H,1H3,(H2,14,16). The highest BCUT2D eigenvalue weighted by Crippen LogP contribution is 2.22. The molecule has 0 fully saturated rings. The lowest BCUT2D eigenvalue weighted by Gasteiger charge is -2.00. The van der Waals surface area contributed by atoms with Crippen LogP contribution in [0.2, 0.25) is 0 Å². The molecule has 82 valence electrons. The topological polar surface area (TPSA) is 58.9 Å². The number of benzene rings is 1. The minimum Gasteiger partial charge on any atom is -0.364 e. The maximum Gasteiger partial charge on any atom is 0.265 e. The molecule has 16 heavy (non-hydrogen) atoms. The summed E-state index contributed by atoms with van der Waals surface area (Å²) < 4.78 is 13.3. The Kier molecular flexibility index (Phi) is 2.48. The number of nitrogens with one attached hydrogen (secondary N) is 1. The van der Waals surface area contributed by atoms with E-state index in [9.17, 15) is 9.18 Å². The van der Waals surface area contributed by atoms with E-state index in [1.807, 2.05) is 0 Å². The largest absolute Gasteiger partial charge is 0.364 e. The van der Waals surface area contributed by atoms with Crippen molar-refractivity contribution in [1.82, 2.24) is 4.98 Å². The molecule has 0 saturated carbocycles. The molecular formula is C12H11FN2O. The second-order valence-electron chi connectivity index (χ2n) is 3.63. The average Bonchev–Trinajstić information content (AvgIpc) is 2.71. The summed E-state index contributed by atoms with van der Waals surface area (Å²) in [5.41, 5.74) is 7.48. The third kappa shape index (κ3) is 1.82. The zero-order valence-electron chi connectivity index (χ0n) is 8.75. The van der Waals surface area contributed by atoms with Gasteiger partial charge in [0.1, 0.15) is 11.5 Å². The smallest absolute Gasteiger partial charge is 0.265 e. The molecule has 0 atom stereocenters. The van der Waals surface area contributed by atoms with Crippen molar-refractivity contribution in [2.45, 2.75) is 6.92 Å². The number of aryl methyl sites for hydroxylation is 1. The molecular weight excluding hydrogens is 207 g/mol. The van der Waals surface area contributed by atoms with Crippen LogP contribution in [-0.4, -0.2) is 10.9 Å². The highest BCUT2D eigenvalue weighted by molar-refractivity contribution is 5.92. The Bertz CT molecular complexity index is 546. The van der Waals surface area contributed by atoms with E-state index < -0.39 is 5.91 Å². The summed E-state index contributed by atoms with van der Waals surface area (Å²) >= 11 is 0. The summed E-state index contributed by atoms with van der Waals surface area (Å²) in [6.07, 6.45) is 1.63. The predicted molar refractivity (Wildman–Crippen MR) is 59.4 cm³/mol. The van der Waals surface area contributed by atoms with Crippen LogP contribution in [0.15, 0.2) is 30.5 Å². The van der Waals surface area contributed by atoms with Gasteiger partial charge in [-0.05, 0) is 30.2 Å². The number of hydrogen-bond donors (Lipinski definition) is 2. The quantitative estimate of drug-likeness (QED) is 0.797. The second-order valence-corrected chi connectivity index (χ2v) is 3.63. The zero-order valence-corrected chi connectivity index (χ0v) is 8.75. The molecule has 0 unspecified atom stereocenters. The lowest BCUT2D eigenvalue weighted by molar-refractivity contribution is 0.0996. The SMILES string of the molecule is Cc1ccc(-c2c[nH]c(C(N)=O)c2)cc1F. The molecule has 4 heteroatoms. The summed E-state index contributed by atoms with van der Waals surface area (Å²) in [5, 5.41) is 0. The van der Waals surface area contributed by atoms with E-state index in [-0.39, 0.29) is 5.82 Å². The Morgan fingerprint density at radius 3 is 2.62 bits per heavy atom. The van der Waals surface area contributed by atoms with Crippen molar-refractivity contribution in [3.8, 4) is 11.1 Å². The number of H-pyrrole nitrogens is 1. The number of primary amides is 1. The van der Waals surface area contributed by atoms with Gasteiger partial charge >= 0.3 is 0 Å². The molecule has 0 saturated heterocycles. The summed E-state index contributed by atoms with van der Waals surface area (Å²) in [5.74, 6) is -0.793. The van der Waals surface area contributed by atoms with Crippen LogP contribution in [0.25, 0.3) is 11.1 Å². The first-order valence-corrected chi connectivity index (χ1v) is 4.82. The van der Waals surface area contributed by atoms with Crippen molar-refractivity contribution < 1.29 is 9.18 Å². The predicted octanol–water partition coefficient (Wildman–Crippen LogP) is 2.23. The molecule has 0 aliphatic rings. The lowest BCUT2D eigenvalue weighted by Crippen LogP contribution is -2.10. The first-order valence-electron chi connectivity index (χ1n) is 4.82. The van der Waals surface area contributed by atoms with Gasteiger partial charge in [0.15, 0.2) is 0 Å². The zero-order chi connectivity index (χ0) is 11.7. The number of amides is 1. The number of rotatable bonds is 2. The molecule has 1 heterocycles. The summed E-state index contributed by atoms with van der Waals surface area (Å²) in [7, 11) is 0. The normalized spacial score (nSPS) is 10.4. The van der Waals surface area contributed by atoms with Gasteiger partial charge in [-0.1, -0.05) is 12.1 Å². The lowest BCUT2D eigenvalue weighted by atomic mass is 10.1. The minimum absolute atomic E-state index is 0.265. The van der Waals surface area contributed by atoms with Crippen LogP contribution in [0.4, 0.5) is 4.39 Å². The third-order valence-electron chi connectivity index (χ3n) is 2.45. The highest BCUT2D eigenvalue weighted by atomic mass is 19.1. The maximum atomic E-state index is 13.3.